The van der Waals surface area contributed by atoms with E-state index in [1.807, 2.05) is 6.08 Å². The summed E-state index contributed by atoms with van der Waals surface area (Å²) < 4.78 is 79.4. The van der Waals surface area contributed by atoms with Crippen molar-refractivity contribution in [2.75, 3.05) is 27.2 Å². The van der Waals surface area contributed by atoms with Crippen molar-refractivity contribution in [1.82, 2.24) is 15.1 Å². The number of likely N-dealkylation sites (tertiary alicyclic amines) is 1. The Balaban J connectivity index is 1.42. The molecule has 1 aliphatic carbocycles. The van der Waals surface area contributed by atoms with Crippen LogP contribution in [0, 0.1) is 5.92 Å². The number of carbonyl (C=O) groups is 2. The van der Waals surface area contributed by atoms with E-state index in [2.05, 4.69) is 10.3 Å². The zero-order valence-electron chi connectivity index (χ0n) is 21.2. The number of piperidine rings is 1. The van der Waals surface area contributed by atoms with Crippen LogP contribution in [0.4, 0.5) is 31.1 Å². The molecule has 2 amide bonds. The zero-order chi connectivity index (χ0) is 28.8. The first-order chi connectivity index (χ1) is 18.1. The maximum Gasteiger partial charge on any atom is 0.416 e. The molecule has 1 saturated heterocycles. The van der Waals surface area contributed by atoms with E-state index < -0.39 is 40.4 Å². The Labute approximate surface area is 225 Å². The van der Waals surface area contributed by atoms with Crippen LogP contribution in [-0.4, -0.2) is 70.7 Å². The van der Waals surface area contributed by atoms with Crippen molar-refractivity contribution in [1.29, 1.82) is 0 Å². The number of likely N-dealkylation sites (N-methyl/N-ethyl adjacent to an activating group) is 1. The monoisotopic (exact) mass is 578 g/mol. The normalized spacial score (nSPS) is 22.1. The van der Waals surface area contributed by atoms with Crippen LogP contribution >= 0.6 is 11.8 Å². The van der Waals surface area contributed by atoms with Gasteiger partial charge in [-0.1, -0.05) is 12.1 Å². The second-order valence-corrected chi connectivity index (χ2v) is 11.2. The largest absolute Gasteiger partial charge is 0.416 e. The van der Waals surface area contributed by atoms with Crippen molar-refractivity contribution in [3.63, 3.8) is 0 Å². The van der Waals surface area contributed by atoms with Gasteiger partial charge in [-0.05, 0) is 74.1 Å². The molecule has 214 valence electrons. The maximum absolute atomic E-state index is 13.5. The van der Waals surface area contributed by atoms with Crippen LogP contribution in [0.15, 0.2) is 34.2 Å². The van der Waals surface area contributed by atoms with E-state index in [1.165, 1.54) is 4.90 Å². The number of nitrogens with one attached hydrogen (secondary N) is 1. The Morgan fingerprint density at radius 3 is 2.38 bits per heavy atom. The van der Waals surface area contributed by atoms with Crippen molar-refractivity contribution < 1.29 is 41.0 Å². The zero-order valence-corrected chi connectivity index (χ0v) is 22.0. The van der Waals surface area contributed by atoms with Gasteiger partial charge in [0.25, 0.3) is 0 Å². The second-order valence-electron chi connectivity index (χ2n) is 10.3. The number of amidine groups is 1. The molecule has 1 aromatic carbocycles. The van der Waals surface area contributed by atoms with Gasteiger partial charge in [0.05, 0.1) is 21.6 Å². The Hall–Kier alpha value is -2.58. The number of carbonyl (C=O) groups excluding carboxylic acids is 2. The molecule has 39 heavy (non-hydrogen) atoms. The topological polar surface area (TPSA) is 85.2 Å². The van der Waals surface area contributed by atoms with E-state index in [0.717, 1.165) is 17.8 Å². The molecule has 7 nitrogen and oxygen atoms in total. The van der Waals surface area contributed by atoms with E-state index in [0.29, 0.717) is 49.7 Å². The van der Waals surface area contributed by atoms with Crippen molar-refractivity contribution >= 4 is 28.7 Å². The molecule has 0 spiro atoms. The Bertz CT molecular complexity index is 1190. The lowest BCUT2D eigenvalue weighted by atomic mass is 9.95. The number of hydrogen-bond donors (Lipinski definition) is 2. The average molecular weight is 579 g/mol. The maximum atomic E-state index is 13.5. The van der Waals surface area contributed by atoms with E-state index in [4.69, 9.17) is 0 Å². The van der Waals surface area contributed by atoms with E-state index in [-0.39, 0.29) is 35.8 Å². The van der Waals surface area contributed by atoms with Gasteiger partial charge in [-0.3, -0.25) is 14.5 Å². The van der Waals surface area contributed by atoms with Gasteiger partial charge in [0, 0.05) is 20.6 Å². The van der Waals surface area contributed by atoms with Gasteiger partial charge >= 0.3 is 17.6 Å². The van der Waals surface area contributed by atoms with Crippen LogP contribution in [0.5, 0.6) is 0 Å². The van der Waals surface area contributed by atoms with Gasteiger partial charge in [-0.2, -0.15) is 31.3 Å². The smallest absolute Gasteiger partial charge is 0.387 e. The summed E-state index contributed by atoms with van der Waals surface area (Å²) in [4.78, 5) is 32.3. The van der Waals surface area contributed by atoms with Crippen LogP contribution in [0.25, 0.3) is 0 Å². The second kappa shape index (κ2) is 10.8. The molecule has 2 N–H and O–H groups in total. The summed E-state index contributed by atoms with van der Waals surface area (Å²) >= 11 is 0.891. The van der Waals surface area contributed by atoms with Crippen LogP contribution in [0.3, 0.4) is 0 Å². The van der Waals surface area contributed by atoms with Crippen molar-refractivity contribution in [3.05, 3.63) is 45.9 Å². The molecular weight excluding hydrogens is 550 g/mol. The third kappa shape index (κ3) is 6.95. The first-order valence-electron chi connectivity index (χ1n) is 12.3. The third-order valence-electron chi connectivity index (χ3n) is 7.06. The summed E-state index contributed by atoms with van der Waals surface area (Å²) in [5.74, 6) is -0.188. The molecule has 0 aromatic heterocycles. The standard InChI is InChI=1S/C25H28F6N4O3S/c1-34(2)21(36)19(23(38)7-8-23)32-20-18(39-22(37)33-20)11-14-5-9-35(10-6-14)13-15-3-4-16(24(26,27)28)12-17(15)25(29,30)31/h3-4,11-12,14,19,38H,5-10,13H2,1-2H3,(H,32,33,37)/t19-/m1/s1. The van der Waals surface area contributed by atoms with Crippen LogP contribution < -0.4 is 5.32 Å². The molecule has 1 aromatic rings. The van der Waals surface area contributed by atoms with Gasteiger partial charge < -0.3 is 15.3 Å². The van der Waals surface area contributed by atoms with Gasteiger partial charge in [-0.25, -0.2) is 0 Å². The highest BCUT2D eigenvalue weighted by Gasteiger charge is 2.52. The van der Waals surface area contributed by atoms with Crippen molar-refractivity contribution in [2.45, 2.75) is 56.2 Å². The van der Waals surface area contributed by atoms with Crippen LogP contribution in [0.1, 0.15) is 42.4 Å². The molecule has 3 aliphatic rings. The fraction of sp³-hybridized carbons (Fsp3) is 0.560. The number of amides is 2. The highest BCUT2D eigenvalue weighted by atomic mass is 32.2. The minimum atomic E-state index is -4.92. The number of allylic oxidation sites excluding steroid dienone is 1. The molecule has 2 aliphatic heterocycles. The molecule has 14 heteroatoms. The number of alkyl halides is 6. The molecule has 0 radical (unpaired) electrons. The number of aliphatic imine (C=N–C) groups is 1. The number of halogens is 6. The lowest BCUT2D eigenvalue weighted by molar-refractivity contribution is -0.143. The molecule has 1 saturated carbocycles. The SMILES string of the molecule is CN(C)C(=O)[C@@H](NC1=NC(=O)SC1=CC1CCN(Cc2ccc(C(F)(F)F)cc2C(F)(F)F)CC1)C1(O)CC1. The fourth-order valence-electron chi connectivity index (χ4n) is 4.65. The Morgan fingerprint density at radius 1 is 1.21 bits per heavy atom. The fourth-order valence-corrected chi connectivity index (χ4v) is 5.44. The lowest BCUT2D eigenvalue weighted by Gasteiger charge is -2.32. The molecule has 2 fully saturated rings. The van der Waals surface area contributed by atoms with Gasteiger partial charge in [0.1, 0.15) is 11.9 Å². The van der Waals surface area contributed by atoms with Crippen molar-refractivity contribution in [3.8, 4) is 0 Å². The minimum absolute atomic E-state index is 0.0386. The number of aliphatic hydroxyl groups is 1. The van der Waals surface area contributed by atoms with Gasteiger partial charge in [0.15, 0.2) is 0 Å². The molecule has 0 bridgehead atoms. The number of rotatable bonds is 6. The van der Waals surface area contributed by atoms with Crippen LogP contribution in [0.2, 0.25) is 0 Å². The Morgan fingerprint density at radius 2 is 1.85 bits per heavy atom. The number of benzene rings is 1. The predicted molar refractivity (Wildman–Crippen MR) is 133 cm³/mol. The number of nitrogens with zero attached hydrogens (tertiary/aromatic N) is 3. The average Bonchev–Trinajstić information content (AvgIpc) is 3.49. The Kier molecular flexibility index (Phi) is 8.12. The van der Waals surface area contributed by atoms with Gasteiger partial charge in [-0.15, -0.1) is 0 Å². The number of thioether (sulfide) groups is 1. The summed E-state index contributed by atoms with van der Waals surface area (Å²) in [7, 11) is 3.12. The first kappa shape index (κ1) is 29.4. The van der Waals surface area contributed by atoms with E-state index in [9.17, 15) is 41.0 Å². The summed E-state index contributed by atoms with van der Waals surface area (Å²) in [6.45, 7) is 0.643. The quantitative estimate of drug-likeness (QED) is 0.478. The summed E-state index contributed by atoms with van der Waals surface area (Å²) in [5.41, 5.74) is -4.09. The lowest BCUT2D eigenvalue weighted by Crippen LogP contribution is -2.54. The molecule has 1 atom stereocenters. The first-order valence-corrected chi connectivity index (χ1v) is 13.1. The van der Waals surface area contributed by atoms with E-state index >= 15 is 0 Å². The summed E-state index contributed by atoms with van der Waals surface area (Å²) in [5, 5.41) is 13.1. The predicted octanol–water partition coefficient (Wildman–Crippen LogP) is 4.66. The van der Waals surface area contributed by atoms with Gasteiger partial charge in [0.2, 0.25) is 5.91 Å². The molecular formula is C25H28F6N4O3S. The molecule has 2 heterocycles. The highest BCUT2D eigenvalue weighted by Crippen LogP contribution is 2.41. The molecule has 4 rings (SSSR count). The van der Waals surface area contributed by atoms with Crippen molar-refractivity contribution in [2.24, 2.45) is 10.9 Å². The summed E-state index contributed by atoms with van der Waals surface area (Å²) in [6.07, 6.45) is -6.01. The highest BCUT2D eigenvalue weighted by molar-refractivity contribution is 8.18. The minimum Gasteiger partial charge on any atom is -0.387 e. The number of hydrogen-bond acceptors (Lipinski definition) is 6. The molecule has 0 unspecified atom stereocenters. The van der Waals surface area contributed by atoms with Crippen LogP contribution in [-0.2, 0) is 23.7 Å². The third-order valence-corrected chi connectivity index (χ3v) is 7.87. The van der Waals surface area contributed by atoms with E-state index in [1.54, 1.807) is 19.0 Å². The summed E-state index contributed by atoms with van der Waals surface area (Å²) in [6, 6.07) is 0.737.